The van der Waals surface area contributed by atoms with E-state index in [0.717, 1.165) is 11.3 Å². The van der Waals surface area contributed by atoms with Crippen LogP contribution in [-0.2, 0) is 0 Å². The van der Waals surface area contributed by atoms with Crippen molar-refractivity contribution in [2.75, 3.05) is 0 Å². The van der Waals surface area contributed by atoms with Gasteiger partial charge in [-0.1, -0.05) is 139 Å². The Hall–Kier alpha value is -5.53. The van der Waals surface area contributed by atoms with Crippen LogP contribution in [0.15, 0.2) is 152 Å². The van der Waals surface area contributed by atoms with Crippen LogP contribution in [0.4, 0.5) is 0 Å². The first-order valence-electron chi connectivity index (χ1n) is 15.2. The lowest BCUT2D eigenvalue weighted by molar-refractivity contribution is 1.20. The van der Waals surface area contributed by atoms with Gasteiger partial charge in [0.15, 0.2) is 0 Å². The Morgan fingerprint density at radius 2 is 0.886 bits per heavy atom. The van der Waals surface area contributed by atoms with E-state index in [9.17, 15) is 0 Å². The maximum absolute atomic E-state index is 4.56. The van der Waals surface area contributed by atoms with Gasteiger partial charge in [-0.25, -0.2) is 0 Å². The van der Waals surface area contributed by atoms with Gasteiger partial charge in [0.05, 0.1) is 0 Å². The number of rotatable bonds is 4. The summed E-state index contributed by atoms with van der Waals surface area (Å²) in [5.74, 6) is 0. The number of benzene rings is 7. The Morgan fingerprint density at radius 3 is 1.50 bits per heavy atom. The second-order valence-corrected chi connectivity index (χ2v) is 11.7. The lowest BCUT2D eigenvalue weighted by atomic mass is 9.83. The average Bonchev–Trinajstić information content (AvgIpc) is 3.08. The summed E-state index contributed by atoms with van der Waals surface area (Å²) in [4.78, 5) is 4.56. The lowest BCUT2D eigenvalue weighted by Gasteiger charge is -2.20. The number of fused-ring (bicyclic) bond motifs is 3. The molecule has 0 N–H and O–H groups in total. The van der Waals surface area contributed by atoms with Crippen molar-refractivity contribution < 1.29 is 0 Å². The fourth-order valence-corrected chi connectivity index (χ4v) is 6.72. The van der Waals surface area contributed by atoms with Gasteiger partial charge < -0.3 is 0 Å². The van der Waals surface area contributed by atoms with E-state index in [2.05, 4.69) is 158 Å². The third-order valence-corrected chi connectivity index (χ3v) is 8.88. The Balaban J connectivity index is 1.41. The fraction of sp³-hybridized carbons (Fsp3) is 0.0465. The summed E-state index contributed by atoms with van der Waals surface area (Å²) in [6.45, 7) is 4.17. The van der Waals surface area contributed by atoms with E-state index in [4.69, 9.17) is 0 Å². The monoisotopic (exact) mass is 561 g/mol. The highest BCUT2D eigenvalue weighted by Gasteiger charge is 2.19. The van der Waals surface area contributed by atoms with Crippen LogP contribution in [0.25, 0.3) is 76.8 Å². The standard InChI is InChI=1S/C43H31N/c1-28-18-21-30(22-19-28)34-24-25-41(36-13-4-3-12-35(34)36)43-39-16-7-5-14-37(39)42(38-15-6-8-17-40(38)43)32-11-9-10-31(26-32)33-23-20-29(2)44-27-33/h3-27H,1-2H3. The summed E-state index contributed by atoms with van der Waals surface area (Å²) in [5.41, 5.74) is 12.1. The molecule has 1 aromatic heterocycles. The predicted octanol–water partition coefficient (Wildman–Crippen LogP) is 11.8. The molecule has 0 aliphatic rings. The van der Waals surface area contributed by atoms with Crippen molar-refractivity contribution in [1.29, 1.82) is 0 Å². The van der Waals surface area contributed by atoms with Gasteiger partial charge in [0.2, 0.25) is 0 Å². The summed E-state index contributed by atoms with van der Waals surface area (Å²) >= 11 is 0. The predicted molar refractivity (Wildman–Crippen MR) is 188 cm³/mol. The summed E-state index contributed by atoms with van der Waals surface area (Å²) in [5, 5.41) is 7.57. The number of pyridine rings is 1. The molecule has 1 nitrogen and oxygen atoms in total. The zero-order chi connectivity index (χ0) is 29.6. The quantitative estimate of drug-likeness (QED) is 0.195. The van der Waals surface area contributed by atoms with E-state index >= 15 is 0 Å². The molecular formula is C43H31N. The maximum Gasteiger partial charge on any atom is 0.0373 e. The minimum Gasteiger partial charge on any atom is -0.261 e. The van der Waals surface area contributed by atoms with Crippen molar-refractivity contribution in [3.63, 3.8) is 0 Å². The van der Waals surface area contributed by atoms with Gasteiger partial charge in [-0.2, -0.15) is 0 Å². The van der Waals surface area contributed by atoms with Crippen molar-refractivity contribution in [2.24, 2.45) is 0 Å². The van der Waals surface area contributed by atoms with Gasteiger partial charge in [-0.15, -0.1) is 0 Å². The third kappa shape index (κ3) is 4.37. The molecule has 0 fully saturated rings. The molecule has 0 saturated heterocycles. The molecule has 0 radical (unpaired) electrons. The molecule has 0 saturated carbocycles. The van der Waals surface area contributed by atoms with Crippen molar-refractivity contribution >= 4 is 32.3 Å². The van der Waals surface area contributed by atoms with Gasteiger partial charge >= 0.3 is 0 Å². The molecule has 8 aromatic rings. The van der Waals surface area contributed by atoms with Gasteiger partial charge in [-0.3, -0.25) is 4.98 Å². The van der Waals surface area contributed by atoms with Crippen molar-refractivity contribution in [3.05, 3.63) is 163 Å². The molecule has 1 heterocycles. The van der Waals surface area contributed by atoms with Crippen molar-refractivity contribution in [2.45, 2.75) is 13.8 Å². The van der Waals surface area contributed by atoms with Crippen LogP contribution in [-0.4, -0.2) is 4.98 Å². The lowest BCUT2D eigenvalue weighted by Crippen LogP contribution is -1.93. The van der Waals surface area contributed by atoms with Crippen LogP contribution in [0, 0.1) is 13.8 Å². The van der Waals surface area contributed by atoms with E-state index in [1.165, 1.54) is 76.8 Å². The molecule has 7 aromatic carbocycles. The number of hydrogen-bond donors (Lipinski definition) is 0. The topological polar surface area (TPSA) is 12.9 Å². The summed E-state index contributed by atoms with van der Waals surface area (Å²) < 4.78 is 0. The molecular weight excluding hydrogens is 530 g/mol. The molecule has 0 aliphatic heterocycles. The molecule has 1 heteroatoms. The van der Waals surface area contributed by atoms with E-state index < -0.39 is 0 Å². The molecule has 0 aliphatic carbocycles. The number of nitrogens with zero attached hydrogens (tertiary/aromatic N) is 1. The molecule has 0 unspecified atom stereocenters. The second kappa shape index (κ2) is 10.6. The number of aryl methyl sites for hydroxylation is 2. The number of aromatic nitrogens is 1. The van der Waals surface area contributed by atoms with Gasteiger partial charge in [0.25, 0.3) is 0 Å². The molecule has 44 heavy (non-hydrogen) atoms. The van der Waals surface area contributed by atoms with Crippen molar-refractivity contribution in [3.8, 4) is 44.5 Å². The zero-order valence-corrected chi connectivity index (χ0v) is 24.9. The minimum absolute atomic E-state index is 1.02. The first kappa shape index (κ1) is 26.1. The van der Waals surface area contributed by atoms with Crippen LogP contribution in [0.2, 0.25) is 0 Å². The van der Waals surface area contributed by atoms with E-state index in [-0.39, 0.29) is 0 Å². The molecule has 0 atom stereocenters. The summed E-state index contributed by atoms with van der Waals surface area (Å²) in [6.07, 6.45) is 1.97. The summed E-state index contributed by atoms with van der Waals surface area (Å²) in [6, 6.07) is 53.3. The maximum atomic E-state index is 4.56. The first-order chi connectivity index (χ1) is 21.7. The highest BCUT2D eigenvalue weighted by molar-refractivity contribution is 6.24. The molecule has 8 rings (SSSR count). The minimum atomic E-state index is 1.02. The Kier molecular flexibility index (Phi) is 6.31. The van der Waals surface area contributed by atoms with E-state index in [1.54, 1.807) is 0 Å². The Bertz CT molecular complexity index is 2270. The third-order valence-electron chi connectivity index (χ3n) is 8.88. The fourth-order valence-electron chi connectivity index (χ4n) is 6.72. The molecule has 208 valence electrons. The Morgan fingerprint density at radius 1 is 0.364 bits per heavy atom. The SMILES string of the molecule is Cc1ccc(-c2ccc(-c3c4ccccc4c(-c4cccc(-c5ccc(C)nc5)c4)c4ccccc34)c3ccccc23)cc1. The highest BCUT2D eigenvalue weighted by atomic mass is 14.7. The normalized spacial score (nSPS) is 11.4. The van der Waals surface area contributed by atoms with Crippen LogP contribution >= 0.6 is 0 Å². The van der Waals surface area contributed by atoms with Crippen LogP contribution < -0.4 is 0 Å². The van der Waals surface area contributed by atoms with Gasteiger partial charge in [-0.05, 0) is 97.2 Å². The van der Waals surface area contributed by atoms with E-state index in [1.807, 2.05) is 13.1 Å². The van der Waals surface area contributed by atoms with Crippen LogP contribution in [0.1, 0.15) is 11.3 Å². The largest absolute Gasteiger partial charge is 0.261 e. The van der Waals surface area contributed by atoms with E-state index in [0.29, 0.717) is 0 Å². The zero-order valence-electron chi connectivity index (χ0n) is 24.9. The van der Waals surface area contributed by atoms with Gasteiger partial charge in [0, 0.05) is 17.5 Å². The molecule has 0 bridgehead atoms. The Labute approximate surface area is 258 Å². The highest BCUT2D eigenvalue weighted by Crippen LogP contribution is 2.46. The first-order valence-corrected chi connectivity index (χ1v) is 15.2. The van der Waals surface area contributed by atoms with Gasteiger partial charge in [0.1, 0.15) is 0 Å². The number of hydrogen-bond acceptors (Lipinski definition) is 1. The summed E-state index contributed by atoms with van der Waals surface area (Å²) in [7, 11) is 0. The average molecular weight is 562 g/mol. The van der Waals surface area contributed by atoms with Crippen LogP contribution in [0.5, 0.6) is 0 Å². The second-order valence-electron chi connectivity index (χ2n) is 11.7. The van der Waals surface area contributed by atoms with Crippen LogP contribution in [0.3, 0.4) is 0 Å². The van der Waals surface area contributed by atoms with Crippen molar-refractivity contribution in [1.82, 2.24) is 4.98 Å². The smallest absolute Gasteiger partial charge is 0.0373 e. The molecule has 0 spiro atoms. The molecule has 0 amide bonds.